The standard InChI is InChI=1S/C23H24BrN3O3/c1-13(2)19-5-4-10-27(19)23(29)18-11-16(12-25-18)22(28)20-14(3)30-26-21(20)15-6-8-17(24)9-7-15/h6-9,11-13,19,25H,4-5,10H2,1-3H3. The second-order valence-corrected chi connectivity index (χ2v) is 8.97. The smallest absolute Gasteiger partial charge is 0.270 e. The highest BCUT2D eigenvalue weighted by Crippen LogP contribution is 2.29. The Morgan fingerprint density at radius 2 is 2.00 bits per heavy atom. The maximum atomic E-state index is 13.3. The van der Waals surface area contributed by atoms with Gasteiger partial charge in [0.1, 0.15) is 17.1 Å². The van der Waals surface area contributed by atoms with Crippen molar-refractivity contribution in [2.75, 3.05) is 6.54 Å². The van der Waals surface area contributed by atoms with Crippen molar-refractivity contribution in [3.63, 3.8) is 0 Å². The van der Waals surface area contributed by atoms with Crippen LogP contribution in [0.25, 0.3) is 11.3 Å². The van der Waals surface area contributed by atoms with Crippen molar-refractivity contribution in [2.24, 2.45) is 5.92 Å². The molecule has 1 atom stereocenters. The van der Waals surface area contributed by atoms with E-state index in [1.807, 2.05) is 29.2 Å². The number of halogens is 1. The van der Waals surface area contributed by atoms with Gasteiger partial charge in [0.05, 0.1) is 5.56 Å². The molecule has 6 nitrogen and oxygen atoms in total. The van der Waals surface area contributed by atoms with Crippen LogP contribution in [0.1, 0.15) is 58.9 Å². The molecule has 1 saturated heterocycles. The number of hydrogen-bond donors (Lipinski definition) is 1. The molecule has 0 saturated carbocycles. The largest absolute Gasteiger partial charge is 0.360 e. The first kappa shape index (κ1) is 20.6. The van der Waals surface area contributed by atoms with E-state index in [1.165, 1.54) is 0 Å². The molecule has 1 amide bonds. The van der Waals surface area contributed by atoms with Gasteiger partial charge in [0, 0.05) is 34.4 Å². The van der Waals surface area contributed by atoms with Crippen LogP contribution in [-0.4, -0.2) is 39.3 Å². The Bertz CT molecular complexity index is 1080. The predicted molar refractivity (Wildman–Crippen MR) is 117 cm³/mol. The third kappa shape index (κ3) is 3.74. The van der Waals surface area contributed by atoms with Crippen LogP contribution in [0.2, 0.25) is 0 Å². The van der Waals surface area contributed by atoms with Crippen molar-refractivity contribution in [1.29, 1.82) is 0 Å². The summed E-state index contributed by atoms with van der Waals surface area (Å²) in [4.78, 5) is 31.2. The number of amides is 1. The minimum Gasteiger partial charge on any atom is -0.360 e. The van der Waals surface area contributed by atoms with Gasteiger partial charge in [0.15, 0.2) is 5.78 Å². The van der Waals surface area contributed by atoms with Crippen LogP contribution >= 0.6 is 15.9 Å². The zero-order valence-electron chi connectivity index (χ0n) is 17.2. The number of aromatic nitrogens is 2. The maximum Gasteiger partial charge on any atom is 0.270 e. The topological polar surface area (TPSA) is 79.2 Å². The summed E-state index contributed by atoms with van der Waals surface area (Å²) in [5.41, 5.74) is 2.56. The van der Waals surface area contributed by atoms with E-state index in [-0.39, 0.29) is 17.7 Å². The van der Waals surface area contributed by atoms with Crippen molar-refractivity contribution >= 4 is 27.6 Å². The minimum atomic E-state index is -0.219. The number of nitrogens with one attached hydrogen (secondary N) is 1. The van der Waals surface area contributed by atoms with Gasteiger partial charge in [-0.05, 0) is 43.9 Å². The quantitative estimate of drug-likeness (QED) is 0.518. The normalized spacial score (nSPS) is 16.4. The lowest BCUT2D eigenvalue weighted by Crippen LogP contribution is -2.38. The molecule has 1 fully saturated rings. The first-order valence-electron chi connectivity index (χ1n) is 10.1. The average molecular weight is 470 g/mol. The molecule has 3 heterocycles. The van der Waals surface area contributed by atoms with Gasteiger partial charge in [-0.15, -0.1) is 0 Å². The number of carbonyl (C=O) groups is 2. The molecule has 2 aromatic heterocycles. The second kappa shape index (κ2) is 8.22. The lowest BCUT2D eigenvalue weighted by molar-refractivity contribution is 0.0696. The van der Waals surface area contributed by atoms with Crippen LogP contribution in [0.3, 0.4) is 0 Å². The Morgan fingerprint density at radius 1 is 1.27 bits per heavy atom. The minimum absolute atomic E-state index is 0.0552. The maximum absolute atomic E-state index is 13.3. The zero-order valence-corrected chi connectivity index (χ0v) is 18.8. The molecule has 1 aliphatic heterocycles. The van der Waals surface area contributed by atoms with Gasteiger partial charge < -0.3 is 14.4 Å². The first-order valence-corrected chi connectivity index (χ1v) is 10.9. The molecule has 0 radical (unpaired) electrons. The molecule has 0 bridgehead atoms. The van der Waals surface area contributed by atoms with Crippen molar-refractivity contribution in [1.82, 2.24) is 15.0 Å². The van der Waals surface area contributed by atoms with Gasteiger partial charge >= 0.3 is 0 Å². The van der Waals surface area contributed by atoms with Gasteiger partial charge in [-0.3, -0.25) is 9.59 Å². The number of likely N-dealkylation sites (tertiary alicyclic amines) is 1. The summed E-state index contributed by atoms with van der Waals surface area (Å²) in [6.07, 6.45) is 3.62. The molecule has 1 aromatic carbocycles. The van der Waals surface area contributed by atoms with Crippen LogP contribution in [0.15, 0.2) is 45.5 Å². The van der Waals surface area contributed by atoms with Crippen LogP contribution in [0.5, 0.6) is 0 Å². The summed E-state index contributed by atoms with van der Waals surface area (Å²) in [6.45, 7) is 6.75. The van der Waals surface area contributed by atoms with E-state index in [0.29, 0.717) is 34.2 Å². The average Bonchev–Trinajstić information content (AvgIpc) is 3.47. The van der Waals surface area contributed by atoms with Crippen LogP contribution in [-0.2, 0) is 0 Å². The van der Waals surface area contributed by atoms with Crippen LogP contribution < -0.4 is 0 Å². The van der Waals surface area contributed by atoms with Crippen molar-refractivity contribution in [3.05, 3.63) is 63.6 Å². The summed E-state index contributed by atoms with van der Waals surface area (Å²) in [7, 11) is 0. The van der Waals surface area contributed by atoms with E-state index in [4.69, 9.17) is 4.52 Å². The molecule has 0 aliphatic carbocycles. The number of aryl methyl sites for hydroxylation is 1. The number of ketones is 1. The van der Waals surface area contributed by atoms with Crippen molar-refractivity contribution in [3.8, 4) is 11.3 Å². The van der Waals surface area contributed by atoms with E-state index < -0.39 is 0 Å². The summed E-state index contributed by atoms with van der Waals surface area (Å²) in [5, 5.41) is 4.10. The Kier molecular flexibility index (Phi) is 5.64. The van der Waals surface area contributed by atoms with Crippen molar-refractivity contribution < 1.29 is 14.1 Å². The number of aromatic amines is 1. The Hall–Kier alpha value is -2.67. The summed E-state index contributed by atoms with van der Waals surface area (Å²) in [6, 6.07) is 9.42. The molecule has 1 unspecified atom stereocenters. The van der Waals surface area contributed by atoms with E-state index in [9.17, 15) is 9.59 Å². The second-order valence-electron chi connectivity index (χ2n) is 8.05. The number of hydrogen-bond acceptors (Lipinski definition) is 4. The Labute approximate surface area is 183 Å². The van der Waals surface area contributed by atoms with Gasteiger partial charge in [-0.1, -0.05) is 47.1 Å². The van der Waals surface area contributed by atoms with E-state index in [0.717, 1.165) is 29.4 Å². The fourth-order valence-electron chi connectivity index (χ4n) is 4.13. The third-order valence-corrected chi connectivity index (χ3v) is 6.24. The lowest BCUT2D eigenvalue weighted by Gasteiger charge is -2.27. The number of H-pyrrole nitrogens is 1. The lowest BCUT2D eigenvalue weighted by atomic mass is 9.99. The zero-order chi connectivity index (χ0) is 21.4. The highest BCUT2D eigenvalue weighted by molar-refractivity contribution is 9.10. The number of carbonyl (C=O) groups excluding carboxylic acids is 2. The van der Waals surface area contributed by atoms with Crippen LogP contribution in [0.4, 0.5) is 0 Å². The number of benzene rings is 1. The van der Waals surface area contributed by atoms with Gasteiger partial charge in [0.25, 0.3) is 5.91 Å². The summed E-state index contributed by atoms with van der Waals surface area (Å²) in [5.74, 6) is 0.580. The van der Waals surface area contributed by atoms with Gasteiger partial charge in [0.2, 0.25) is 0 Å². The molecule has 4 rings (SSSR count). The van der Waals surface area contributed by atoms with E-state index in [2.05, 4.69) is 39.9 Å². The van der Waals surface area contributed by atoms with Crippen LogP contribution in [0, 0.1) is 12.8 Å². The Morgan fingerprint density at radius 3 is 2.70 bits per heavy atom. The molecule has 1 N–H and O–H groups in total. The van der Waals surface area contributed by atoms with Gasteiger partial charge in [-0.25, -0.2) is 0 Å². The molecule has 156 valence electrons. The molecular weight excluding hydrogens is 446 g/mol. The fourth-order valence-corrected chi connectivity index (χ4v) is 4.39. The first-order chi connectivity index (χ1) is 14.4. The summed E-state index contributed by atoms with van der Waals surface area (Å²) < 4.78 is 6.27. The highest BCUT2D eigenvalue weighted by atomic mass is 79.9. The SMILES string of the molecule is Cc1onc(-c2ccc(Br)cc2)c1C(=O)c1c[nH]c(C(=O)N2CCCC2C(C)C)c1. The fraction of sp³-hybridized carbons (Fsp3) is 0.348. The highest BCUT2D eigenvalue weighted by Gasteiger charge is 2.32. The van der Waals surface area contributed by atoms with Gasteiger partial charge in [-0.2, -0.15) is 0 Å². The predicted octanol–water partition coefficient (Wildman–Crippen LogP) is 5.23. The molecule has 30 heavy (non-hydrogen) atoms. The van der Waals surface area contributed by atoms with E-state index >= 15 is 0 Å². The monoisotopic (exact) mass is 469 g/mol. The Balaban J connectivity index is 1.62. The number of rotatable bonds is 5. The molecule has 7 heteroatoms. The van der Waals surface area contributed by atoms with Crippen molar-refractivity contribution in [2.45, 2.75) is 39.7 Å². The summed E-state index contributed by atoms with van der Waals surface area (Å²) >= 11 is 3.41. The van der Waals surface area contributed by atoms with E-state index in [1.54, 1.807) is 19.2 Å². The third-order valence-electron chi connectivity index (χ3n) is 5.71. The molecular formula is C23H24BrN3O3. The molecule has 3 aromatic rings. The molecule has 0 spiro atoms. The number of nitrogens with zero attached hydrogens (tertiary/aromatic N) is 2. The molecule has 1 aliphatic rings.